The van der Waals surface area contributed by atoms with Gasteiger partial charge >= 0.3 is 0 Å². The molecular weight excluding hydrogens is 352 g/mol. The zero-order chi connectivity index (χ0) is 20.1. The molecule has 0 saturated carbocycles. The molecule has 0 amide bonds. The van der Waals surface area contributed by atoms with Crippen LogP contribution in [0.1, 0.15) is 64.4 Å². The lowest BCUT2D eigenvalue weighted by Crippen LogP contribution is -2.08. The summed E-state index contributed by atoms with van der Waals surface area (Å²) in [7, 11) is 3.30. The average molecular weight is 380 g/mol. The van der Waals surface area contributed by atoms with Crippen LogP contribution in [0, 0.1) is 5.92 Å². The molecule has 0 aromatic heterocycles. The molecule has 4 rings (SSSR count). The minimum Gasteiger partial charge on any atom is -0.497 e. The van der Waals surface area contributed by atoms with E-state index in [1.54, 1.807) is 14.2 Å². The van der Waals surface area contributed by atoms with Gasteiger partial charge in [0.25, 0.3) is 0 Å². The van der Waals surface area contributed by atoms with Gasteiger partial charge in [-0.3, -0.25) is 9.59 Å². The summed E-state index contributed by atoms with van der Waals surface area (Å²) in [5.41, 5.74) is 4.06. The molecule has 0 radical (unpaired) electrons. The molecule has 1 atom stereocenters. The maximum atomic E-state index is 12.1. The number of fused-ring (bicyclic) bond motifs is 2. The van der Waals surface area contributed by atoms with Crippen molar-refractivity contribution in [3.05, 3.63) is 58.7 Å². The summed E-state index contributed by atoms with van der Waals surface area (Å²) in [6.45, 7) is 2.16. The Morgan fingerprint density at radius 2 is 1.54 bits per heavy atom. The molecule has 0 saturated heterocycles. The molecule has 148 valence electrons. The summed E-state index contributed by atoms with van der Waals surface area (Å²) in [6, 6.07) is 11.4. The number of carbonyl (C=O) groups is 2. The van der Waals surface area contributed by atoms with Crippen molar-refractivity contribution >= 4 is 11.6 Å². The molecule has 28 heavy (non-hydrogen) atoms. The SMILES string of the molecule is CCCCC1Cc2cc(OC)ccc2C1=O.COc1ccc2c(c1)CCC2=O. The Hall–Kier alpha value is -2.62. The van der Waals surface area contributed by atoms with Gasteiger partial charge in [0.05, 0.1) is 14.2 Å². The van der Waals surface area contributed by atoms with E-state index in [-0.39, 0.29) is 11.7 Å². The number of ether oxygens (including phenoxy) is 2. The number of rotatable bonds is 5. The highest BCUT2D eigenvalue weighted by Crippen LogP contribution is 2.32. The first-order chi connectivity index (χ1) is 13.6. The van der Waals surface area contributed by atoms with E-state index in [4.69, 9.17) is 9.47 Å². The number of carbonyl (C=O) groups excluding carboxylic acids is 2. The van der Waals surface area contributed by atoms with Crippen LogP contribution >= 0.6 is 0 Å². The molecule has 0 heterocycles. The molecule has 0 spiro atoms. The van der Waals surface area contributed by atoms with Crippen molar-refractivity contribution < 1.29 is 19.1 Å². The lowest BCUT2D eigenvalue weighted by Gasteiger charge is -2.05. The quantitative estimate of drug-likeness (QED) is 0.727. The van der Waals surface area contributed by atoms with Gasteiger partial charge in [0, 0.05) is 23.5 Å². The average Bonchev–Trinajstić information content (AvgIpc) is 3.25. The van der Waals surface area contributed by atoms with Crippen molar-refractivity contribution in [2.45, 2.75) is 45.4 Å². The maximum absolute atomic E-state index is 12.1. The molecule has 2 aromatic rings. The fourth-order valence-corrected chi connectivity index (χ4v) is 3.93. The number of ketones is 2. The van der Waals surface area contributed by atoms with Crippen LogP contribution in [0.15, 0.2) is 36.4 Å². The normalized spacial score (nSPS) is 16.9. The number of hydrogen-bond donors (Lipinski definition) is 0. The second kappa shape index (κ2) is 9.05. The first-order valence-electron chi connectivity index (χ1n) is 9.98. The van der Waals surface area contributed by atoms with Crippen LogP contribution in [-0.4, -0.2) is 25.8 Å². The zero-order valence-electron chi connectivity index (χ0n) is 16.9. The lowest BCUT2D eigenvalue weighted by atomic mass is 9.98. The number of hydrogen-bond acceptors (Lipinski definition) is 4. The van der Waals surface area contributed by atoms with Gasteiger partial charge in [-0.2, -0.15) is 0 Å². The van der Waals surface area contributed by atoms with E-state index in [0.717, 1.165) is 65.9 Å². The molecule has 0 N–H and O–H groups in total. The van der Waals surface area contributed by atoms with Gasteiger partial charge in [0.1, 0.15) is 11.5 Å². The fraction of sp³-hybridized carbons (Fsp3) is 0.417. The van der Waals surface area contributed by atoms with E-state index >= 15 is 0 Å². The van der Waals surface area contributed by atoms with E-state index in [0.29, 0.717) is 12.2 Å². The molecular formula is C24H28O4. The van der Waals surface area contributed by atoms with Crippen LogP contribution < -0.4 is 9.47 Å². The Kier molecular flexibility index (Phi) is 6.50. The van der Waals surface area contributed by atoms with Gasteiger partial charge in [0.15, 0.2) is 11.6 Å². The minimum absolute atomic E-state index is 0.210. The minimum atomic E-state index is 0.210. The smallest absolute Gasteiger partial charge is 0.166 e. The second-order valence-electron chi connectivity index (χ2n) is 7.38. The predicted octanol–water partition coefficient (Wildman–Crippen LogP) is 5.06. The molecule has 0 bridgehead atoms. The van der Waals surface area contributed by atoms with E-state index in [1.807, 2.05) is 36.4 Å². The van der Waals surface area contributed by atoms with Crippen molar-refractivity contribution in [3.8, 4) is 11.5 Å². The first-order valence-corrected chi connectivity index (χ1v) is 9.98. The molecule has 2 aliphatic carbocycles. The number of methoxy groups -OCH3 is 2. The van der Waals surface area contributed by atoms with Crippen LogP contribution in [0.3, 0.4) is 0 Å². The highest BCUT2D eigenvalue weighted by atomic mass is 16.5. The largest absolute Gasteiger partial charge is 0.497 e. The van der Waals surface area contributed by atoms with Crippen LogP contribution in [0.5, 0.6) is 11.5 Å². The molecule has 2 aromatic carbocycles. The van der Waals surface area contributed by atoms with Crippen molar-refractivity contribution in [2.75, 3.05) is 14.2 Å². The molecule has 1 unspecified atom stereocenters. The van der Waals surface area contributed by atoms with Crippen molar-refractivity contribution in [2.24, 2.45) is 5.92 Å². The highest BCUT2D eigenvalue weighted by Gasteiger charge is 2.29. The Balaban J connectivity index is 0.000000167. The highest BCUT2D eigenvalue weighted by molar-refractivity contribution is 6.02. The standard InChI is InChI=1S/C14H18O2.C10H10O2/c1-3-4-5-10-8-11-9-12(16-2)6-7-13(11)14(10)15;1-12-8-3-4-9-7(6-8)2-5-10(9)11/h6-7,9-10H,3-5,8H2,1-2H3;3-4,6H,2,5H2,1H3. The van der Waals surface area contributed by atoms with Gasteiger partial charge in [0.2, 0.25) is 0 Å². The Bertz CT molecular complexity index is 869. The van der Waals surface area contributed by atoms with Gasteiger partial charge < -0.3 is 9.47 Å². The summed E-state index contributed by atoms with van der Waals surface area (Å²) in [5, 5.41) is 0. The monoisotopic (exact) mass is 380 g/mol. The van der Waals surface area contributed by atoms with E-state index < -0.39 is 0 Å². The third kappa shape index (κ3) is 4.27. The van der Waals surface area contributed by atoms with E-state index in [2.05, 4.69) is 6.92 Å². The van der Waals surface area contributed by atoms with Crippen LogP contribution in [-0.2, 0) is 12.8 Å². The Morgan fingerprint density at radius 1 is 0.893 bits per heavy atom. The number of benzene rings is 2. The first kappa shape index (κ1) is 20.1. The number of aryl methyl sites for hydroxylation is 1. The molecule has 0 fully saturated rings. The van der Waals surface area contributed by atoms with Crippen LogP contribution in [0.4, 0.5) is 0 Å². The Labute approximate surface area is 166 Å². The number of Topliss-reactive ketones (excluding diaryl/α,β-unsaturated/α-hetero) is 2. The Morgan fingerprint density at radius 3 is 2.18 bits per heavy atom. The molecule has 2 aliphatic rings. The van der Waals surface area contributed by atoms with E-state index in [1.165, 1.54) is 0 Å². The van der Waals surface area contributed by atoms with Gasteiger partial charge in [-0.05, 0) is 66.8 Å². The summed E-state index contributed by atoms with van der Waals surface area (Å²) in [4.78, 5) is 23.3. The topological polar surface area (TPSA) is 52.6 Å². The van der Waals surface area contributed by atoms with Crippen molar-refractivity contribution in [1.29, 1.82) is 0 Å². The summed E-state index contributed by atoms with van der Waals surface area (Å²) < 4.78 is 10.2. The zero-order valence-corrected chi connectivity index (χ0v) is 16.9. The van der Waals surface area contributed by atoms with Crippen molar-refractivity contribution in [3.63, 3.8) is 0 Å². The predicted molar refractivity (Wildman–Crippen MR) is 110 cm³/mol. The van der Waals surface area contributed by atoms with Crippen LogP contribution in [0.2, 0.25) is 0 Å². The third-order valence-electron chi connectivity index (χ3n) is 5.56. The maximum Gasteiger partial charge on any atom is 0.166 e. The second-order valence-corrected chi connectivity index (χ2v) is 7.38. The van der Waals surface area contributed by atoms with Gasteiger partial charge in [-0.25, -0.2) is 0 Å². The van der Waals surface area contributed by atoms with Gasteiger partial charge in [-0.1, -0.05) is 19.8 Å². The third-order valence-corrected chi connectivity index (χ3v) is 5.56. The van der Waals surface area contributed by atoms with E-state index in [9.17, 15) is 9.59 Å². The fourth-order valence-electron chi connectivity index (χ4n) is 3.93. The van der Waals surface area contributed by atoms with Crippen LogP contribution in [0.25, 0.3) is 0 Å². The summed E-state index contributed by atoms with van der Waals surface area (Å²) >= 11 is 0. The molecule has 0 aliphatic heterocycles. The van der Waals surface area contributed by atoms with Gasteiger partial charge in [-0.15, -0.1) is 0 Å². The molecule has 4 nitrogen and oxygen atoms in total. The number of unbranched alkanes of at least 4 members (excludes halogenated alkanes) is 1. The molecule has 4 heteroatoms. The van der Waals surface area contributed by atoms with Crippen molar-refractivity contribution in [1.82, 2.24) is 0 Å². The lowest BCUT2D eigenvalue weighted by molar-refractivity contribution is 0.0928. The summed E-state index contributed by atoms with van der Waals surface area (Å²) in [6.07, 6.45) is 5.73. The summed E-state index contributed by atoms with van der Waals surface area (Å²) in [5.74, 6) is 2.48.